The number of amides is 2. The third kappa shape index (κ3) is 4.76. The summed E-state index contributed by atoms with van der Waals surface area (Å²) in [4.78, 5) is 35.3. The first-order chi connectivity index (χ1) is 18.6. The summed E-state index contributed by atoms with van der Waals surface area (Å²) in [5, 5.41) is 13.7. The molecule has 0 spiro atoms. The summed E-state index contributed by atoms with van der Waals surface area (Å²) in [5.41, 5.74) is -1.15. The number of nitrogens with zero attached hydrogens (tertiary/aromatic N) is 3. The van der Waals surface area contributed by atoms with Gasteiger partial charge in [0.1, 0.15) is 5.82 Å². The Kier molecular flexibility index (Phi) is 7.35. The largest absolute Gasteiger partial charge is 0.372 e. The van der Waals surface area contributed by atoms with Crippen LogP contribution in [0.5, 0.6) is 0 Å². The molecule has 5 atom stereocenters. The highest BCUT2D eigenvalue weighted by atomic mass is 35.5. The standard InChI is InChI=1S/C28H26ClF3N4O3/c1-15-4-2-6-23-24(15)28(39,19-7-9-34-13-21(19)30)27(38)36(23)14-17-10-18(25(31)32)22(11-20(17)29)35-26(37)16-5-3-8-33-12-16/h2-9,12-13,17-18,20,22,25,39H,10-11,14H2,1H3,(H,35,37)/t17-,18-,20-,22-,28+/m1/s1. The summed E-state index contributed by atoms with van der Waals surface area (Å²) in [6.45, 7) is 1.64. The van der Waals surface area contributed by atoms with E-state index in [0.717, 1.165) is 6.20 Å². The van der Waals surface area contributed by atoms with Crippen LogP contribution in [-0.4, -0.2) is 51.3 Å². The summed E-state index contributed by atoms with van der Waals surface area (Å²) in [7, 11) is 0. The summed E-state index contributed by atoms with van der Waals surface area (Å²) in [6, 6.07) is 8.51. The number of carbonyl (C=O) groups is 2. The van der Waals surface area contributed by atoms with Crippen molar-refractivity contribution in [2.45, 2.75) is 43.2 Å². The van der Waals surface area contributed by atoms with Gasteiger partial charge in [0.25, 0.3) is 11.8 Å². The molecule has 2 aromatic heterocycles. The van der Waals surface area contributed by atoms with Crippen LogP contribution >= 0.6 is 11.6 Å². The predicted octanol–water partition coefficient (Wildman–Crippen LogP) is 4.20. The Balaban J connectivity index is 1.42. The zero-order chi connectivity index (χ0) is 27.9. The van der Waals surface area contributed by atoms with Crippen LogP contribution in [0.2, 0.25) is 0 Å². The highest BCUT2D eigenvalue weighted by Gasteiger charge is 2.54. The fraction of sp³-hybridized carbons (Fsp3) is 0.357. The second-order valence-electron chi connectivity index (χ2n) is 10.0. The van der Waals surface area contributed by atoms with Gasteiger partial charge in [0.2, 0.25) is 6.43 Å². The summed E-state index contributed by atoms with van der Waals surface area (Å²) >= 11 is 6.70. The molecule has 3 aromatic rings. The molecule has 1 fully saturated rings. The number of hydrogen-bond donors (Lipinski definition) is 2. The molecule has 1 aliphatic heterocycles. The molecule has 204 valence electrons. The minimum atomic E-state index is -2.75. The Morgan fingerprint density at radius 2 is 1.95 bits per heavy atom. The van der Waals surface area contributed by atoms with E-state index >= 15 is 0 Å². The van der Waals surface area contributed by atoms with Crippen molar-refractivity contribution in [1.82, 2.24) is 15.3 Å². The number of aryl methyl sites for hydroxylation is 1. The van der Waals surface area contributed by atoms with Crippen molar-refractivity contribution in [1.29, 1.82) is 0 Å². The van der Waals surface area contributed by atoms with E-state index in [-0.39, 0.29) is 36.1 Å². The van der Waals surface area contributed by atoms with E-state index in [1.165, 1.54) is 35.6 Å². The Bertz CT molecular complexity index is 1400. The van der Waals surface area contributed by atoms with Gasteiger partial charge in [0.15, 0.2) is 5.60 Å². The average molecular weight is 559 g/mol. The highest BCUT2D eigenvalue weighted by Crippen LogP contribution is 2.48. The first-order valence-electron chi connectivity index (χ1n) is 12.5. The number of hydrogen-bond acceptors (Lipinski definition) is 5. The number of pyridine rings is 2. The van der Waals surface area contributed by atoms with Gasteiger partial charge >= 0.3 is 0 Å². The van der Waals surface area contributed by atoms with E-state index in [1.54, 1.807) is 31.2 Å². The maximum Gasteiger partial charge on any atom is 0.268 e. The number of benzene rings is 1. The van der Waals surface area contributed by atoms with E-state index in [4.69, 9.17) is 11.6 Å². The van der Waals surface area contributed by atoms with Gasteiger partial charge in [0.05, 0.1) is 17.4 Å². The Hall–Kier alpha value is -3.50. The number of rotatable bonds is 6. The smallest absolute Gasteiger partial charge is 0.268 e. The SMILES string of the molecule is Cc1cccc2c1[C@@](O)(c1ccncc1F)C(=O)N2C[C@H]1C[C@@H](C(F)F)[C@H](NC(=O)c2cccnc2)C[C@H]1Cl. The molecule has 0 bridgehead atoms. The van der Waals surface area contributed by atoms with Gasteiger partial charge in [-0.15, -0.1) is 11.6 Å². The molecule has 2 aliphatic rings. The molecule has 0 unspecified atom stereocenters. The molecule has 1 saturated carbocycles. The lowest BCUT2D eigenvalue weighted by Gasteiger charge is -2.40. The second kappa shape index (κ2) is 10.6. The number of aliphatic hydroxyl groups is 1. The third-order valence-corrected chi connectivity index (χ3v) is 8.22. The summed E-state index contributed by atoms with van der Waals surface area (Å²) < 4.78 is 43.2. The average Bonchev–Trinajstić information content (AvgIpc) is 3.13. The van der Waals surface area contributed by atoms with Gasteiger partial charge in [-0.05, 0) is 55.5 Å². The van der Waals surface area contributed by atoms with Crippen molar-refractivity contribution < 1.29 is 27.9 Å². The lowest BCUT2D eigenvalue weighted by Crippen LogP contribution is -2.52. The molecule has 11 heteroatoms. The minimum Gasteiger partial charge on any atom is -0.372 e. The Morgan fingerprint density at radius 3 is 2.64 bits per heavy atom. The zero-order valence-electron chi connectivity index (χ0n) is 20.9. The first kappa shape index (κ1) is 27.1. The van der Waals surface area contributed by atoms with E-state index in [9.17, 15) is 27.9 Å². The van der Waals surface area contributed by atoms with Crippen molar-refractivity contribution in [3.8, 4) is 0 Å². The Labute approximate surface area is 228 Å². The van der Waals surface area contributed by atoms with Gasteiger partial charge in [-0.2, -0.15) is 0 Å². The maximum absolute atomic E-state index is 14.8. The Morgan fingerprint density at radius 1 is 1.18 bits per heavy atom. The van der Waals surface area contributed by atoms with Gasteiger partial charge in [-0.1, -0.05) is 12.1 Å². The molecule has 7 nitrogen and oxygen atoms in total. The maximum atomic E-state index is 14.8. The number of nitrogens with one attached hydrogen (secondary N) is 1. The van der Waals surface area contributed by atoms with E-state index in [2.05, 4.69) is 15.3 Å². The van der Waals surface area contributed by atoms with Crippen LogP contribution < -0.4 is 10.2 Å². The highest BCUT2D eigenvalue weighted by molar-refractivity contribution is 6.21. The topological polar surface area (TPSA) is 95.4 Å². The van der Waals surface area contributed by atoms with E-state index in [1.807, 2.05) is 0 Å². The van der Waals surface area contributed by atoms with Gasteiger partial charge < -0.3 is 15.3 Å². The van der Waals surface area contributed by atoms with Crippen LogP contribution in [0.1, 0.15) is 39.9 Å². The van der Waals surface area contributed by atoms with Crippen molar-refractivity contribution in [2.75, 3.05) is 11.4 Å². The predicted molar refractivity (Wildman–Crippen MR) is 138 cm³/mol. The van der Waals surface area contributed by atoms with Crippen molar-refractivity contribution in [3.63, 3.8) is 0 Å². The molecule has 1 aliphatic carbocycles. The van der Waals surface area contributed by atoms with Crippen LogP contribution in [0.15, 0.2) is 61.2 Å². The van der Waals surface area contributed by atoms with Crippen LogP contribution in [0.25, 0.3) is 0 Å². The lowest BCUT2D eigenvalue weighted by atomic mass is 9.77. The summed E-state index contributed by atoms with van der Waals surface area (Å²) in [5.74, 6) is -3.95. The molecule has 5 rings (SSSR count). The quantitative estimate of drug-likeness (QED) is 0.442. The lowest BCUT2D eigenvalue weighted by molar-refractivity contribution is -0.132. The van der Waals surface area contributed by atoms with Gasteiger partial charge in [-0.25, -0.2) is 13.2 Å². The number of alkyl halides is 3. The number of carbonyl (C=O) groups excluding carboxylic acids is 2. The minimum absolute atomic E-state index is 0.0547. The molecular weight excluding hydrogens is 533 g/mol. The van der Waals surface area contributed by atoms with Gasteiger partial charge in [0, 0.05) is 53.6 Å². The molecular formula is C28H26ClF3N4O3. The van der Waals surface area contributed by atoms with Crippen LogP contribution in [0.4, 0.5) is 18.9 Å². The molecule has 39 heavy (non-hydrogen) atoms. The van der Waals surface area contributed by atoms with Crippen LogP contribution in [0.3, 0.4) is 0 Å². The van der Waals surface area contributed by atoms with Crippen LogP contribution in [0, 0.1) is 24.6 Å². The van der Waals surface area contributed by atoms with Crippen molar-refractivity contribution in [2.24, 2.45) is 11.8 Å². The van der Waals surface area contributed by atoms with Crippen molar-refractivity contribution in [3.05, 3.63) is 89.3 Å². The van der Waals surface area contributed by atoms with E-state index in [0.29, 0.717) is 11.3 Å². The van der Waals surface area contributed by atoms with Gasteiger partial charge in [-0.3, -0.25) is 19.6 Å². The summed E-state index contributed by atoms with van der Waals surface area (Å²) in [6.07, 6.45) is 2.29. The number of aromatic nitrogens is 2. The number of halogens is 4. The molecule has 3 heterocycles. The fourth-order valence-electron chi connectivity index (χ4n) is 5.75. The van der Waals surface area contributed by atoms with Crippen molar-refractivity contribution >= 4 is 29.1 Å². The first-order valence-corrected chi connectivity index (χ1v) is 12.9. The number of fused-ring (bicyclic) bond motifs is 1. The zero-order valence-corrected chi connectivity index (χ0v) is 21.7. The number of anilines is 1. The molecule has 0 saturated heterocycles. The molecule has 0 radical (unpaired) electrons. The second-order valence-corrected chi connectivity index (χ2v) is 10.6. The molecule has 2 N–H and O–H groups in total. The van der Waals surface area contributed by atoms with E-state index < -0.39 is 52.9 Å². The molecule has 1 aromatic carbocycles. The third-order valence-electron chi connectivity index (χ3n) is 7.68. The monoisotopic (exact) mass is 558 g/mol. The molecule has 2 amide bonds. The fourth-order valence-corrected chi connectivity index (χ4v) is 6.12. The van der Waals surface area contributed by atoms with Crippen LogP contribution in [-0.2, 0) is 10.4 Å². The normalized spacial score (nSPS) is 26.5.